The minimum atomic E-state index is 0.838. The van der Waals surface area contributed by atoms with E-state index in [1.165, 1.54) is 24.8 Å². The SMILES string of the molecule is COCC1=CCCC(C)C1. The van der Waals surface area contributed by atoms with E-state index in [9.17, 15) is 0 Å². The van der Waals surface area contributed by atoms with E-state index in [2.05, 4.69) is 13.0 Å². The molecule has 1 heteroatoms. The van der Waals surface area contributed by atoms with E-state index in [0.717, 1.165) is 12.5 Å². The van der Waals surface area contributed by atoms with Crippen LogP contribution in [0.25, 0.3) is 0 Å². The van der Waals surface area contributed by atoms with Crippen molar-refractivity contribution < 1.29 is 4.74 Å². The molecule has 0 radical (unpaired) electrons. The van der Waals surface area contributed by atoms with Crippen molar-refractivity contribution in [1.29, 1.82) is 0 Å². The highest BCUT2D eigenvalue weighted by Gasteiger charge is 2.09. The maximum Gasteiger partial charge on any atom is 0.0673 e. The molecule has 10 heavy (non-hydrogen) atoms. The average Bonchev–Trinajstić information content (AvgIpc) is 1.88. The van der Waals surface area contributed by atoms with Gasteiger partial charge < -0.3 is 4.74 Å². The standard InChI is InChI=1S/C9H16O/c1-8-4-3-5-9(6-8)7-10-2/h5,8H,3-4,6-7H2,1-2H3. The van der Waals surface area contributed by atoms with Gasteiger partial charge in [0.2, 0.25) is 0 Å². The number of ether oxygens (including phenoxy) is 1. The van der Waals surface area contributed by atoms with Gasteiger partial charge in [0.05, 0.1) is 6.61 Å². The first kappa shape index (κ1) is 7.80. The molecule has 0 N–H and O–H groups in total. The monoisotopic (exact) mass is 140 g/mol. The summed E-state index contributed by atoms with van der Waals surface area (Å²) in [4.78, 5) is 0. The summed E-state index contributed by atoms with van der Waals surface area (Å²) in [5.74, 6) is 0.871. The number of methoxy groups -OCH3 is 1. The van der Waals surface area contributed by atoms with Crippen LogP contribution in [0.3, 0.4) is 0 Å². The van der Waals surface area contributed by atoms with Gasteiger partial charge in [-0.15, -0.1) is 0 Å². The van der Waals surface area contributed by atoms with E-state index in [1.54, 1.807) is 7.11 Å². The van der Waals surface area contributed by atoms with E-state index in [0.29, 0.717) is 0 Å². The minimum Gasteiger partial charge on any atom is -0.380 e. The van der Waals surface area contributed by atoms with Crippen molar-refractivity contribution in [2.24, 2.45) is 5.92 Å². The summed E-state index contributed by atoms with van der Waals surface area (Å²) in [5, 5.41) is 0. The van der Waals surface area contributed by atoms with Crippen LogP contribution in [-0.4, -0.2) is 13.7 Å². The molecule has 58 valence electrons. The Balaban J connectivity index is 2.36. The molecule has 0 aromatic carbocycles. The number of rotatable bonds is 2. The van der Waals surface area contributed by atoms with Gasteiger partial charge in [0, 0.05) is 7.11 Å². The van der Waals surface area contributed by atoms with Crippen molar-refractivity contribution in [2.75, 3.05) is 13.7 Å². The molecule has 0 bridgehead atoms. The molecule has 0 aliphatic heterocycles. The second-order valence-electron chi connectivity index (χ2n) is 3.18. The lowest BCUT2D eigenvalue weighted by molar-refractivity contribution is 0.218. The molecule has 1 rings (SSSR count). The molecule has 0 aromatic heterocycles. The fourth-order valence-electron chi connectivity index (χ4n) is 1.51. The Morgan fingerprint density at radius 2 is 2.50 bits per heavy atom. The largest absolute Gasteiger partial charge is 0.380 e. The van der Waals surface area contributed by atoms with Gasteiger partial charge in [-0.2, -0.15) is 0 Å². The predicted molar refractivity (Wildman–Crippen MR) is 43.0 cm³/mol. The lowest BCUT2D eigenvalue weighted by atomic mass is 9.91. The van der Waals surface area contributed by atoms with Crippen LogP contribution in [0.2, 0.25) is 0 Å². The summed E-state index contributed by atoms with van der Waals surface area (Å²) in [6, 6.07) is 0. The third-order valence-electron chi connectivity index (χ3n) is 2.03. The minimum absolute atomic E-state index is 0.838. The van der Waals surface area contributed by atoms with Crippen LogP contribution in [0.4, 0.5) is 0 Å². The van der Waals surface area contributed by atoms with Crippen LogP contribution in [0.1, 0.15) is 26.2 Å². The summed E-state index contributed by atoms with van der Waals surface area (Å²) in [6.45, 7) is 3.15. The third-order valence-corrected chi connectivity index (χ3v) is 2.03. The zero-order valence-electron chi connectivity index (χ0n) is 6.89. The summed E-state index contributed by atoms with van der Waals surface area (Å²) >= 11 is 0. The highest BCUT2D eigenvalue weighted by atomic mass is 16.5. The maximum atomic E-state index is 5.06. The second-order valence-corrected chi connectivity index (χ2v) is 3.18. The molecule has 1 aliphatic carbocycles. The fraction of sp³-hybridized carbons (Fsp3) is 0.778. The predicted octanol–water partition coefficient (Wildman–Crippen LogP) is 2.38. The zero-order chi connectivity index (χ0) is 7.40. The van der Waals surface area contributed by atoms with Gasteiger partial charge >= 0.3 is 0 Å². The Labute approximate surface area is 63.1 Å². The van der Waals surface area contributed by atoms with E-state index in [4.69, 9.17) is 4.74 Å². The Kier molecular flexibility index (Phi) is 2.94. The summed E-state index contributed by atoms with van der Waals surface area (Å²) < 4.78 is 5.06. The second kappa shape index (κ2) is 3.77. The van der Waals surface area contributed by atoms with Crippen molar-refractivity contribution in [3.63, 3.8) is 0 Å². The van der Waals surface area contributed by atoms with Gasteiger partial charge in [0.15, 0.2) is 0 Å². The average molecular weight is 140 g/mol. The number of allylic oxidation sites excluding steroid dienone is 1. The van der Waals surface area contributed by atoms with Crippen LogP contribution < -0.4 is 0 Å². The fourth-order valence-corrected chi connectivity index (χ4v) is 1.51. The van der Waals surface area contributed by atoms with Gasteiger partial charge in [0.1, 0.15) is 0 Å². The molecule has 0 spiro atoms. The smallest absolute Gasteiger partial charge is 0.0673 e. The normalized spacial score (nSPS) is 26.2. The zero-order valence-corrected chi connectivity index (χ0v) is 6.89. The van der Waals surface area contributed by atoms with Crippen LogP contribution in [0.5, 0.6) is 0 Å². The molecule has 1 aliphatic rings. The molecule has 0 saturated carbocycles. The first-order chi connectivity index (χ1) is 4.83. The molecule has 0 saturated heterocycles. The first-order valence-corrected chi connectivity index (χ1v) is 3.99. The topological polar surface area (TPSA) is 9.23 Å². The maximum absolute atomic E-state index is 5.06. The van der Waals surface area contributed by atoms with Crippen molar-refractivity contribution in [3.8, 4) is 0 Å². The molecule has 0 amide bonds. The van der Waals surface area contributed by atoms with Crippen LogP contribution in [-0.2, 0) is 4.74 Å². The summed E-state index contributed by atoms with van der Waals surface area (Å²) in [5.41, 5.74) is 1.49. The van der Waals surface area contributed by atoms with Crippen molar-refractivity contribution >= 4 is 0 Å². The Hall–Kier alpha value is -0.300. The van der Waals surface area contributed by atoms with Gasteiger partial charge in [-0.1, -0.05) is 13.0 Å². The molecule has 1 atom stereocenters. The van der Waals surface area contributed by atoms with E-state index in [1.807, 2.05) is 0 Å². The quantitative estimate of drug-likeness (QED) is 0.535. The van der Waals surface area contributed by atoms with Gasteiger partial charge in [-0.3, -0.25) is 0 Å². The van der Waals surface area contributed by atoms with Gasteiger partial charge in [-0.05, 0) is 30.8 Å². The lowest BCUT2D eigenvalue weighted by Crippen LogP contribution is -2.06. The molecular formula is C9H16O. The van der Waals surface area contributed by atoms with E-state index >= 15 is 0 Å². The molecule has 1 unspecified atom stereocenters. The summed E-state index contributed by atoms with van der Waals surface area (Å²) in [6.07, 6.45) is 6.17. The molecule has 0 fully saturated rings. The van der Waals surface area contributed by atoms with Gasteiger partial charge in [-0.25, -0.2) is 0 Å². The highest BCUT2D eigenvalue weighted by Crippen LogP contribution is 2.22. The molecular weight excluding hydrogens is 124 g/mol. The summed E-state index contributed by atoms with van der Waals surface area (Å²) in [7, 11) is 1.76. The van der Waals surface area contributed by atoms with Crippen molar-refractivity contribution in [3.05, 3.63) is 11.6 Å². The number of hydrogen-bond donors (Lipinski definition) is 0. The lowest BCUT2D eigenvalue weighted by Gasteiger charge is -2.17. The Bertz CT molecular complexity index is 127. The van der Waals surface area contributed by atoms with Crippen LogP contribution in [0, 0.1) is 5.92 Å². The number of hydrogen-bond acceptors (Lipinski definition) is 1. The van der Waals surface area contributed by atoms with Gasteiger partial charge in [0.25, 0.3) is 0 Å². The van der Waals surface area contributed by atoms with Crippen molar-refractivity contribution in [1.82, 2.24) is 0 Å². The molecule has 0 heterocycles. The van der Waals surface area contributed by atoms with E-state index < -0.39 is 0 Å². The third kappa shape index (κ3) is 2.14. The first-order valence-electron chi connectivity index (χ1n) is 3.99. The Morgan fingerprint density at radius 3 is 3.10 bits per heavy atom. The van der Waals surface area contributed by atoms with Crippen LogP contribution >= 0.6 is 0 Å². The molecule has 1 nitrogen and oxygen atoms in total. The Morgan fingerprint density at radius 1 is 1.70 bits per heavy atom. The van der Waals surface area contributed by atoms with Crippen molar-refractivity contribution in [2.45, 2.75) is 26.2 Å². The van der Waals surface area contributed by atoms with Crippen LogP contribution in [0.15, 0.2) is 11.6 Å². The van der Waals surface area contributed by atoms with E-state index in [-0.39, 0.29) is 0 Å². The highest BCUT2D eigenvalue weighted by molar-refractivity contribution is 5.06. The molecule has 0 aromatic rings.